The van der Waals surface area contributed by atoms with Gasteiger partial charge in [-0.05, 0) is 68.1 Å². The van der Waals surface area contributed by atoms with Crippen molar-refractivity contribution in [3.05, 3.63) is 0 Å². The Morgan fingerprint density at radius 2 is 1.77 bits per heavy atom. The highest BCUT2D eigenvalue weighted by atomic mass is 127. The first-order chi connectivity index (χ1) is 12.1. The van der Waals surface area contributed by atoms with Crippen molar-refractivity contribution in [1.29, 1.82) is 0 Å². The minimum absolute atomic E-state index is 0. The van der Waals surface area contributed by atoms with Gasteiger partial charge in [0, 0.05) is 39.1 Å². The summed E-state index contributed by atoms with van der Waals surface area (Å²) in [6.45, 7) is 4.69. The number of nitrogens with one attached hydrogen (secondary N) is 2. The number of rotatable bonds is 4. The topological polar surface area (TPSA) is 56.7 Å². The number of nitrogens with zero attached hydrogens (tertiary/aromatic N) is 2. The molecule has 5 nitrogen and oxygen atoms in total. The fourth-order valence-corrected chi connectivity index (χ4v) is 6.49. The third kappa shape index (κ3) is 4.14. The quantitative estimate of drug-likeness (QED) is 0.374. The first kappa shape index (κ1) is 20.2. The molecule has 0 aromatic carbocycles. The molecule has 6 heteroatoms. The molecule has 5 rings (SSSR count). The highest BCUT2D eigenvalue weighted by molar-refractivity contribution is 14.0. The number of guanidine groups is 1. The zero-order chi connectivity index (χ0) is 17.4. The van der Waals surface area contributed by atoms with E-state index in [0.717, 1.165) is 49.8 Å². The lowest BCUT2D eigenvalue weighted by atomic mass is 9.49. The molecule has 1 heterocycles. The van der Waals surface area contributed by atoms with Gasteiger partial charge >= 0.3 is 0 Å². The van der Waals surface area contributed by atoms with Gasteiger partial charge in [0.15, 0.2) is 5.96 Å². The molecule has 0 aromatic heterocycles. The molecule has 0 radical (unpaired) electrons. The Labute approximate surface area is 175 Å². The number of halogens is 1. The molecule has 4 saturated carbocycles. The van der Waals surface area contributed by atoms with Crippen LogP contribution in [0.3, 0.4) is 0 Å². The molecular weight excluding hydrogens is 439 g/mol. The molecule has 5 fully saturated rings. The fourth-order valence-electron chi connectivity index (χ4n) is 6.49. The minimum Gasteiger partial charge on any atom is -0.356 e. The Kier molecular flexibility index (Phi) is 6.40. The van der Waals surface area contributed by atoms with Gasteiger partial charge in [0.1, 0.15) is 0 Å². The van der Waals surface area contributed by atoms with Crippen molar-refractivity contribution in [3.8, 4) is 0 Å². The molecule has 1 atom stereocenters. The van der Waals surface area contributed by atoms with Gasteiger partial charge < -0.3 is 15.5 Å². The zero-order valence-corrected chi connectivity index (χ0v) is 18.6. The van der Waals surface area contributed by atoms with Gasteiger partial charge in [-0.1, -0.05) is 6.92 Å². The van der Waals surface area contributed by atoms with E-state index < -0.39 is 0 Å². The second-order valence-corrected chi connectivity index (χ2v) is 9.17. The van der Waals surface area contributed by atoms with Gasteiger partial charge in [-0.25, -0.2) is 0 Å². The van der Waals surface area contributed by atoms with Crippen LogP contribution in [0.15, 0.2) is 4.99 Å². The molecule has 2 N–H and O–H groups in total. The van der Waals surface area contributed by atoms with Crippen LogP contribution in [0.4, 0.5) is 0 Å². The van der Waals surface area contributed by atoms with Gasteiger partial charge in [0.05, 0.1) is 0 Å². The van der Waals surface area contributed by atoms with E-state index in [1.165, 1.54) is 38.5 Å². The number of likely N-dealkylation sites (tertiary alicyclic amines) is 1. The van der Waals surface area contributed by atoms with Crippen LogP contribution in [0.2, 0.25) is 0 Å². The summed E-state index contributed by atoms with van der Waals surface area (Å²) in [5, 5.41) is 7.20. The number of carbonyl (C=O) groups excluding carboxylic acids is 1. The molecule has 1 amide bonds. The molecule has 0 aromatic rings. The normalized spacial score (nSPS) is 38.2. The Balaban J connectivity index is 0.00000196. The molecule has 1 unspecified atom stereocenters. The Morgan fingerprint density at radius 1 is 1.15 bits per heavy atom. The van der Waals surface area contributed by atoms with Crippen LogP contribution in [0.1, 0.15) is 58.3 Å². The second kappa shape index (κ2) is 8.23. The SMILES string of the molecule is CCC(=O)N1CCC(NC(=NC)NCC23CC4CC(CC(C4)C2)C3)C1.I. The highest BCUT2D eigenvalue weighted by Gasteiger charge is 2.50. The van der Waals surface area contributed by atoms with Crippen LogP contribution in [-0.2, 0) is 4.79 Å². The molecule has 148 valence electrons. The number of amides is 1. The van der Waals surface area contributed by atoms with Crippen LogP contribution in [0.5, 0.6) is 0 Å². The van der Waals surface area contributed by atoms with Gasteiger partial charge in [-0.3, -0.25) is 9.79 Å². The standard InChI is InChI=1S/C20H34N4O.HI/c1-3-18(25)24-5-4-17(12-24)23-19(21-2)22-13-20-9-14-6-15(10-20)8-16(7-14)11-20;/h14-17H,3-13H2,1-2H3,(H2,21,22,23);1H. The molecule has 26 heavy (non-hydrogen) atoms. The number of hydrogen-bond donors (Lipinski definition) is 2. The monoisotopic (exact) mass is 474 g/mol. The van der Waals surface area contributed by atoms with Crippen molar-refractivity contribution in [2.45, 2.75) is 64.3 Å². The third-order valence-corrected chi connectivity index (χ3v) is 7.20. The van der Waals surface area contributed by atoms with E-state index in [9.17, 15) is 4.79 Å². The molecular formula is C20H35IN4O. The molecule has 4 bridgehead atoms. The number of aliphatic imine (C=N–C) groups is 1. The molecule has 0 spiro atoms. The van der Waals surface area contributed by atoms with Gasteiger partial charge in [-0.15, -0.1) is 24.0 Å². The Morgan fingerprint density at radius 3 is 2.31 bits per heavy atom. The molecule has 5 aliphatic rings. The van der Waals surface area contributed by atoms with Crippen molar-refractivity contribution in [2.75, 3.05) is 26.7 Å². The first-order valence-corrected chi connectivity index (χ1v) is 10.3. The maximum atomic E-state index is 11.9. The predicted octanol–water partition coefficient (Wildman–Crippen LogP) is 3.00. The largest absolute Gasteiger partial charge is 0.356 e. The van der Waals surface area contributed by atoms with Gasteiger partial charge in [0.25, 0.3) is 0 Å². The lowest BCUT2D eigenvalue weighted by molar-refractivity contribution is -0.129. The smallest absolute Gasteiger partial charge is 0.222 e. The van der Waals surface area contributed by atoms with Crippen LogP contribution in [0.25, 0.3) is 0 Å². The Hall–Kier alpha value is -0.530. The summed E-state index contributed by atoms with van der Waals surface area (Å²) in [5.41, 5.74) is 0.520. The van der Waals surface area contributed by atoms with E-state index in [4.69, 9.17) is 0 Å². The summed E-state index contributed by atoms with van der Waals surface area (Å²) in [6.07, 6.45) is 10.4. The van der Waals surface area contributed by atoms with Crippen molar-refractivity contribution in [1.82, 2.24) is 15.5 Å². The lowest BCUT2D eigenvalue weighted by Crippen LogP contribution is -2.53. The summed E-state index contributed by atoms with van der Waals surface area (Å²) >= 11 is 0. The lowest BCUT2D eigenvalue weighted by Gasteiger charge is -2.57. The maximum Gasteiger partial charge on any atom is 0.222 e. The summed E-state index contributed by atoms with van der Waals surface area (Å²) in [5.74, 6) is 4.16. The van der Waals surface area contributed by atoms with E-state index in [-0.39, 0.29) is 29.9 Å². The van der Waals surface area contributed by atoms with Crippen LogP contribution in [-0.4, -0.2) is 49.5 Å². The molecule has 1 saturated heterocycles. The van der Waals surface area contributed by atoms with E-state index in [1.807, 2.05) is 18.9 Å². The Bertz CT molecular complexity index is 515. The average molecular weight is 474 g/mol. The molecule has 4 aliphatic carbocycles. The van der Waals surface area contributed by atoms with Crippen molar-refractivity contribution < 1.29 is 4.79 Å². The minimum atomic E-state index is 0. The first-order valence-electron chi connectivity index (χ1n) is 10.3. The van der Waals surface area contributed by atoms with Crippen molar-refractivity contribution >= 4 is 35.8 Å². The summed E-state index contributed by atoms with van der Waals surface area (Å²) in [4.78, 5) is 18.3. The van der Waals surface area contributed by atoms with Crippen molar-refractivity contribution in [2.24, 2.45) is 28.2 Å². The third-order valence-electron chi connectivity index (χ3n) is 7.20. The fraction of sp³-hybridized carbons (Fsp3) is 0.900. The summed E-state index contributed by atoms with van der Waals surface area (Å²) in [7, 11) is 1.86. The van der Waals surface area contributed by atoms with E-state index in [0.29, 0.717) is 17.9 Å². The molecule has 1 aliphatic heterocycles. The van der Waals surface area contributed by atoms with Crippen LogP contribution >= 0.6 is 24.0 Å². The van der Waals surface area contributed by atoms with Crippen molar-refractivity contribution in [3.63, 3.8) is 0 Å². The van der Waals surface area contributed by atoms with Gasteiger partial charge in [-0.2, -0.15) is 0 Å². The summed E-state index contributed by atoms with van der Waals surface area (Å²) < 4.78 is 0. The maximum absolute atomic E-state index is 11.9. The second-order valence-electron chi connectivity index (χ2n) is 9.17. The number of carbonyl (C=O) groups is 1. The predicted molar refractivity (Wildman–Crippen MR) is 116 cm³/mol. The van der Waals surface area contributed by atoms with Gasteiger partial charge in [0.2, 0.25) is 5.91 Å². The average Bonchev–Trinajstić information content (AvgIpc) is 3.05. The van der Waals surface area contributed by atoms with E-state index >= 15 is 0 Å². The summed E-state index contributed by atoms with van der Waals surface area (Å²) in [6, 6.07) is 0.332. The van der Waals surface area contributed by atoms with E-state index in [2.05, 4.69) is 15.6 Å². The highest BCUT2D eigenvalue weighted by Crippen LogP contribution is 2.59. The van der Waals surface area contributed by atoms with Crippen LogP contribution in [0, 0.1) is 23.2 Å². The van der Waals surface area contributed by atoms with E-state index in [1.54, 1.807) is 0 Å². The number of hydrogen-bond acceptors (Lipinski definition) is 2. The zero-order valence-electron chi connectivity index (χ0n) is 16.3. The van der Waals surface area contributed by atoms with Crippen LogP contribution < -0.4 is 10.6 Å².